The minimum absolute atomic E-state index is 0.155. The number of likely N-dealkylation sites (tertiary alicyclic amines) is 1. The summed E-state index contributed by atoms with van der Waals surface area (Å²) in [5, 5.41) is 19.9. The molecule has 3 nitrogen and oxygen atoms in total. The summed E-state index contributed by atoms with van der Waals surface area (Å²) in [7, 11) is 0. The average molecular weight is 263 g/mol. The van der Waals surface area contributed by atoms with E-state index in [0.29, 0.717) is 5.92 Å². The summed E-state index contributed by atoms with van der Waals surface area (Å²) >= 11 is 0. The summed E-state index contributed by atoms with van der Waals surface area (Å²) in [5.74, 6) is 0.338. The summed E-state index contributed by atoms with van der Waals surface area (Å²) < 4.78 is 0. The largest absolute Gasteiger partial charge is 0.393 e. The van der Waals surface area contributed by atoms with Gasteiger partial charge in [0, 0.05) is 19.6 Å². The average Bonchev–Trinajstić information content (AvgIpc) is 2.40. The first-order valence-corrected chi connectivity index (χ1v) is 7.21. The van der Waals surface area contributed by atoms with Crippen LogP contribution in [-0.4, -0.2) is 40.9 Å². The van der Waals surface area contributed by atoms with Crippen LogP contribution in [0.25, 0.3) is 0 Å². The molecule has 1 aliphatic rings. The molecule has 3 heteroatoms. The lowest BCUT2D eigenvalue weighted by atomic mass is 9.96. The Kier molecular flexibility index (Phi) is 4.97. The molecule has 0 radical (unpaired) electrons. The first-order valence-electron chi connectivity index (χ1n) is 7.21. The van der Waals surface area contributed by atoms with Crippen LogP contribution in [0, 0.1) is 12.8 Å². The monoisotopic (exact) mass is 263 g/mol. The van der Waals surface area contributed by atoms with Crippen molar-refractivity contribution >= 4 is 0 Å². The van der Waals surface area contributed by atoms with Crippen LogP contribution in [-0.2, 0) is 0 Å². The Morgan fingerprint density at radius 2 is 2.21 bits per heavy atom. The zero-order valence-corrected chi connectivity index (χ0v) is 11.9. The van der Waals surface area contributed by atoms with Crippen LogP contribution in [0.5, 0.6) is 0 Å². The van der Waals surface area contributed by atoms with E-state index in [9.17, 15) is 10.2 Å². The van der Waals surface area contributed by atoms with Gasteiger partial charge in [-0.2, -0.15) is 0 Å². The van der Waals surface area contributed by atoms with Crippen LogP contribution in [0.2, 0.25) is 0 Å². The second-order valence-corrected chi connectivity index (χ2v) is 5.85. The Morgan fingerprint density at radius 3 is 2.89 bits per heavy atom. The van der Waals surface area contributed by atoms with E-state index < -0.39 is 0 Å². The molecule has 2 rings (SSSR count). The molecule has 0 bridgehead atoms. The molecule has 3 atom stereocenters. The molecule has 0 spiro atoms. The predicted molar refractivity (Wildman–Crippen MR) is 77.0 cm³/mol. The molecule has 3 unspecified atom stereocenters. The second kappa shape index (κ2) is 6.51. The van der Waals surface area contributed by atoms with Crippen molar-refractivity contribution in [3.63, 3.8) is 0 Å². The molecule has 1 aromatic carbocycles. The molecule has 0 saturated carbocycles. The van der Waals surface area contributed by atoms with Gasteiger partial charge in [0.2, 0.25) is 0 Å². The molecular weight excluding hydrogens is 238 g/mol. The smallest absolute Gasteiger partial charge is 0.0802 e. The van der Waals surface area contributed by atoms with Gasteiger partial charge in [0.05, 0.1) is 12.2 Å². The van der Waals surface area contributed by atoms with Gasteiger partial charge in [-0.05, 0) is 31.2 Å². The highest BCUT2D eigenvalue weighted by Gasteiger charge is 2.24. The quantitative estimate of drug-likeness (QED) is 0.874. The highest BCUT2D eigenvalue weighted by atomic mass is 16.3. The molecule has 2 N–H and O–H groups in total. The number of benzene rings is 1. The maximum Gasteiger partial charge on any atom is 0.0802 e. The zero-order valence-electron chi connectivity index (χ0n) is 11.9. The minimum Gasteiger partial charge on any atom is -0.393 e. The third-order valence-electron chi connectivity index (χ3n) is 4.09. The molecule has 1 saturated heterocycles. The Balaban J connectivity index is 1.82. The van der Waals surface area contributed by atoms with Crippen LogP contribution in [0.4, 0.5) is 0 Å². The number of aryl methyl sites for hydroxylation is 1. The number of hydrogen-bond acceptors (Lipinski definition) is 3. The topological polar surface area (TPSA) is 43.7 Å². The normalized spacial score (nSPS) is 26.3. The fraction of sp³-hybridized carbons (Fsp3) is 0.625. The third-order valence-corrected chi connectivity index (χ3v) is 4.09. The van der Waals surface area contributed by atoms with Gasteiger partial charge in [-0.25, -0.2) is 0 Å². The number of aliphatic hydroxyl groups excluding tert-OH is 2. The second-order valence-electron chi connectivity index (χ2n) is 5.85. The van der Waals surface area contributed by atoms with E-state index in [0.717, 1.165) is 38.0 Å². The van der Waals surface area contributed by atoms with Crippen molar-refractivity contribution in [2.45, 2.75) is 38.9 Å². The lowest BCUT2D eigenvalue weighted by Gasteiger charge is -2.34. The van der Waals surface area contributed by atoms with Gasteiger partial charge in [0.1, 0.15) is 0 Å². The lowest BCUT2D eigenvalue weighted by molar-refractivity contribution is 0.0288. The van der Waals surface area contributed by atoms with E-state index in [-0.39, 0.29) is 12.2 Å². The van der Waals surface area contributed by atoms with E-state index in [4.69, 9.17) is 0 Å². The lowest BCUT2D eigenvalue weighted by Crippen LogP contribution is -2.42. The highest BCUT2D eigenvalue weighted by molar-refractivity contribution is 5.23. The van der Waals surface area contributed by atoms with Gasteiger partial charge in [0.25, 0.3) is 0 Å². The number of aliphatic hydroxyl groups is 2. The fourth-order valence-corrected chi connectivity index (χ4v) is 2.77. The Labute approximate surface area is 115 Å². The molecule has 0 aliphatic carbocycles. The molecule has 1 heterocycles. The van der Waals surface area contributed by atoms with Gasteiger partial charge in [-0.3, -0.25) is 0 Å². The summed E-state index contributed by atoms with van der Waals surface area (Å²) in [5.41, 5.74) is 2.19. The molecule has 0 aromatic heterocycles. The summed E-state index contributed by atoms with van der Waals surface area (Å²) in [6, 6.07) is 8.07. The van der Waals surface area contributed by atoms with Gasteiger partial charge in [-0.1, -0.05) is 36.8 Å². The van der Waals surface area contributed by atoms with Crippen molar-refractivity contribution in [2.75, 3.05) is 19.6 Å². The highest BCUT2D eigenvalue weighted by Crippen LogP contribution is 2.21. The Bertz CT molecular complexity index is 407. The standard InChI is InChI=1S/C16H25NO2/c1-12-4-3-5-14(10-12)16(19)7-9-17-8-6-15(18)13(2)11-17/h3-5,10,13,15-16,18-19H,6-9,11H2,1-2H3. The van der Waals surface area contributed by atoms with E-state index in [1.165, 1.54) is 5.56 Å². The van der Waals surface area contributed by atoms with Gasteiger partial charge in [0.15, 0.2) is 0 Å². The van der Waals surface area contributed by atoms with E-state index in [1.807, 2.05) is 31.2 Å². The predicted octanol–water partition coefficient (Wildman–Crippen LogP) is 2.12. The number of piperidine rings is 1. The number of nitrogens with zero attached hydrogens (tertiary/aromatic N) is 1. The van der Waals surface area contributed by atoms with Crippen LogP contribution in [0.1, 0.15) is 37.0 Å². The summed E-state index contributed by atoms with van der Waals surface area (Å²) in [4.78, 5) is 2.34. The van der Waals surface area contributed by atoms with Crippen LogP contribution in [0.15, 0.2) is 24.3 Å². The maximum absolute atomic E-state index is 10.2. The van der Waals surface area contributed by atoms with Crippen molar-refractivity contribution in [3.8, 4) is 0 Å². The van der Waals surface area contributed by atoms with Gasteiger partial charge >= 0.3 is 0 Å². The summed E-state index contributed by atoms with van der Waals surface area (Å²) in [6.45, 7) is 6.90. The number of hydrogen-bond donors (Lipinski definition) is 2. The van der Waals surface area contributed by atoms with Crippen LogP contribution in [0.3, 0.4) is 0 Å². The van der Waals surface area contributed by atoms with Gasteiger partial charge < -0.3 is 15.1 Å². The van der Waals surface area contributed by atoms with Crippen molar-refractivity contribution in [1.82, 2.24) is 4.90 Å². The van der Waals surface area contributed by atoms with E-state index in [1.54, 1.807) is 0 Å². The molecule has 1 aliphatic heterocycles. The molecular formula is C16H25NO2. The van der Waals surface area contributed by atoms with Gasteiger partial charge in [-0.15, -0.1) is 0 Å². The molecule has 1 aromatic rings. The first kappa shape index (κ1) is 14.5. The molecule has 1 fully saturated rings. The zero-order chi connectivity index (χ0) is 13.8. The Hall–Kier alpha value is -0.900. The van der Waals surface area contributed by atoms with Crippen LogP contribution < -0.4 is 0 Å². The molecule has 106 valence electrons. The van der Waals surface area contributed by atoms with Crippen molar-refractivity contribution in [3.05, 3.63) is 35.4 Å². The van der Waals surface area contributed by atoms with E-state index >= 15 is 0 Å². The van der Waals surface area contributed by atoms with Crippen molar-refractivity contribution < 1.29 is 10.2 Å². The number of rotatable bonds is 4. The van der Waals surface area contributed by atoms with Crippen molar-refractivity contribution in [2.24, 2.45) is 5.92 Å². The molecule has 0 amide bonds. The maximum atomic E-state index is 10.2. The third kappa shape index (κ3) is 4.03. The van der Waals surface area contributed by atoms with Crippen molar-refractivity contribution in [1.29, 1.82) is 0 Å². The summed E-state index contributed by atoms with van der Waals surface area (Å²) in [6.07, 6.45) is 1.06. The minimum atomic E-state index is -0.387. The first-order chi connectivity index (χ1) is 9.06. The Morgan fingerprint density at radius 1 is 1.42 bits per heavy atom. The van der Waals surface area contributed by atoms with Crippen LogP contribution >= 0.6 is 0 Å². The SMILES string of the molecule is Cc1cccc(C(O)CCN2CCC(O)C(C)C2)c1. The molecule has 19 heavy (non-hydrogen) atoms. The van der Waals surface area contributed by atoms with E-state index in [2.05, 4.69) is 11.8 Å². The fourth-order valence-electron chi connectivity index (χ4n) is 2.77.